The first-order chi connectivity index (χ1) is 17.2. The molecular formula is C24H28FN7O3. The Hall–Kier alpha value is -3.25. The third-order valence-corrected chi connectivity index (χ3v) is 5.88. The molecule has 35 heavy (non-hydrogen) atoms. The maximum Gasteiger partial charge on any atom is 0.223 e. The zero-order chi connectivity index (χ0) is 24.0. The highest BCUT2D eigenvalue weighted by molar-refractivity contribution is 5.77. The number of aliphatic imine (C=N–C) groups is 1. The standard InChI is InChI=1S/C24H28FN7O3/c25-18-4-2-17(3-5-18)20-21(31-22(30-20)23-34-13-16(12-33)14-35-23)19-6-8-28-24(29-19)27-7-1-10-32-11-9-26-15-32/h2-6,8-9,16,23,33H,1,7,10-15H2,(H,30,31)(H,27,28,29). The number of benzene rings is 1. The first kappa shape index (κ1) is 23.5. The van der Waals surface area contributed by atoms with Crippen molar-refractivity contribution in [3.8, 4) is 22.6 Å². The molecule has 4 heterocycles. The lowest BCUT2D eigenvalue weighted by Gasteiger charge is -2.26. The Bertz CT molecular complexity index is 1140. The molecule has 3 aromatic rings. The molecule has 0 saturated carbocycles. The van der Waals surface area contributed by atoms with Crippen LogP contribution in [0.1, 0.15) is 18.5 Å². The number of nitrogens with one attached hydrogen (secondary N) is 2. The third kappa shape index (κ3) is 5.70. The molecule has 0 unspecified atom stereocenters. The van der Waals surface area contributed by atoms with Gasteiger partial charge in [0, 0.05) is 43.5 Å². The van der Waals surface area contributed by atoms with Crippen LogP contribution in [0, 0.1) is 11.7 Å². The molecule has 0 radical (unpaired) electrons. The average Bonchev–Trinajstić information content (AvgIpc) is 3.58. The van der Waals surface area contributed by atoms with E-state index >= 15 is 0 Å². The fourth-order valence-electron chi connectivity index (χ4n) is 3.96. The van der Waals surface area contributed by atoms with Gasteiger partial charge in [-0.3, -0.25) is 9.89 Å². The lowest BCUT2D eigenvalue weighted by atomic mass is 10.1. The smallest absolute Gasteiger partial charge is 0.223 e. The predicted molar refractivity (Wildman–Crippen MR) is 128 cm³/mol. The topological polar surface area (TPSA) is 121 Å². The Morgan fingerprint density at radius 2 is 1.97 bits per heavy atom. The Labute approximate surface area is 202 Å². The quantitative estimate of drug-likeness (QED) is 0.399. The van der Waals surface area contributed by atoms with E-state index in [1.54, 1.807) is 24.4 Å². The summed E-state index contributed by atoms with van der Waals surface area (Å²) in [6, 6.07) is 7.93. The Morgan fingerprint density at radius 1 is 1.14 bits per heavy atom. The highest BCUT2D eigenvalue weighted by atomic mass is 19.1. The van der Waals surface area contributed by atoms with E-state index in [0.717, 1.165) is 38.3 Å². The first-order valence-electron chi connectivity index (χ1n) is 11.7. The summed E-state index contributed by atoms with van der Waals surface area (Å²) >= 11 is 0. The van der Waals surface area contributed by atoms with Gasteiger partial charge in [-0.05, 0) is 36.8 Å². The minimum atomic E-state index is -0.695. The molecule has 5 rings (SSSR count). The molecule has 1 fully saturated rings. The number of anilines is 1. The van der Waals surface area contributed by atoms with Crippen LogP contribution in [0.15, 0.2) is 41.5 Å². The molecule has 1 saturated heterocycles. The SMILES string of the molecule is OCC1COC(c2nc(-c3ccc(F)cc3)c(-c3ccnc(NCCCN4CC=NC4)n3)[nH]2)OC1. The van der Waals surface area contributed by atoms with Crippen molar-refractivity contribution in [1.29, 1.82) is 0 Å². The molecule has 2 aromatic heterocycles. The number of imidazole rings is 1. The molecule has 3 N–H and O–H groups in total. The zero-order valence-electron chi connectivity index (χ0n) is 19.2. The predicted octanol–water partition coefficient (Wildman–Crippen LogP) is 2.47. The van der Waals surface area contributed by atoms with Crippen molar-refractivity contribution >= 4 is 12.2 Å². The molecule has 0 amide bonds. The number of aromatic nitrogens is 4. The summed E-state index contributed by atoms with van der Waals surface area (Å²) in [4.78, 5) is 23.5. The molecular weight excluding hydrogens is 453 g/mol. The van der Waals surface area contributed by atoms with Crippen LogP contribution in [0.2, 0.25) is 0 Å². The number of hydrogen-bond donors (Lipinski definition) is 3. The first-order valence-corrected chi connectivity index (χ1v) is 11.7. The van der Waals surface area contributed by atoms with Crippen LogP contribution in [0.5, 0.6) is 0 Å². The van der Waals surface area contributed by atoms with E-state index in [0.29, 0.717) is 42.1 Å². The van der Waals surface area contributed by atoms with Gasteiger partial charge in [0.15, 0.2) is 5.82 Å². The number of aliphatic hydroxyl groups excluding tert-OH is 1. The van der Waals surface area contributed by atoms with Crippen molar-refractivity contribution in [2.45, 2.75) is 12.7 Å². The fraction of sp³-hybridized carbons (Fsp3) is 0.417. The average molecular weight is 482 g/mol. The zero-order valence-corrected chi connectivity index (χ0v) is 19.2. The van der Waals surface area contributed by atoms with Crippen LogP contribution < -0.4 is 5.32 Å². The normalized spacial score (nSPS) is 20.4. The summed E-state index contributed by atoms with van der Waals surface area (Å²) in [6.07, 6.45) is 3.87. The van der Waals surface area contributed by atoms with Gasteiger partial charge in [-0.15, -0.1) is 0 Å². The van der Waals surface area contributed by atoms with Crippen molar-refractivity contribution in [3.63, 3.8) is 0 Å². The molecule has 0 aliphatic carbocycles. The third-order valence-electron chi connectivity index (χ3n) is 5.88. The van der Waals surface area contributed by atoms with Crippen LogP contribution >= 0.6 is 0 Å². The van der Waals surface area contributed by atoms with Gasteiger partial charge in [0.25, 0.3) is 0 Å². The molecule has 0 spiro atoms. The van der Waals surface area contributed by atoms with E-state index < -0.39 is 6.29 Å². The Kier molecular flexibility index (Phi) is 7.38. The van der Waals surface area contributed by atoms with Gasteiger partial charge >= 0.3 is 0 Å². The highest BCUT2D eigenvalue weighted by Gasteiger charge is 2.27. The summed E-state index contributed by atoms with van der Waals surface area (Å²) in [5.74, 6) is 0.605. The number of H-pyrrole nitrogens is 1. The monoisotopic (exact) mass is 481 g/mol. The van der Waals surface area contributed by atoms with Gasteiger partial charge in [-0.2, -0.15) is 0 Å². The maximum absolute atomic E-state index is 13.6. The number of hydrogen-bond acceptors (Lipinski definition) is 9. The fourth-order valence-corrected chi connectivity index (χ4v) is 3.96. The lowest BCUT2D eigenvalue weighted by Crippen LogP contribution is -2.29. The highest BCUT2D eigenvalue weighted by Crippen LogP contribution is 2.33. The largest absolute Gasteiger partial charge is 0.396 e. The second kappa shape index (κ2) is 11.0. The van der Waals surface area contributed by atoms with Crippen molar-refractivity contribution in [1.82, 2.24) is 24.8 Å². The van der Waals surface area contributed by atoms with Crippen molar-refractivity contribution < 1.29 is 19.0 Å². The number of nitrogens with zero attached hydrogens (tertiary/aromatic N) is 5. The van der Waals surface area contributed by atoms with E-state index in [4.69, 9.17) is 14.5 Å². The lowest BCUT2D eigenvalue weighted by molar-refractivity contribution is -0.213. The number of rotatable bonds is 9. The molecule has 0 atom stereocenters. The molecule has 11 heteroatoms. The van der Waals surface area contributed by atoms with Crippen molar-refractivity contribution in [2.75, 3.05) is 51.4 Å². The number of aliphatic hydroxyl groups is 1. The van der Waals surface area contributed by atoms with E-state index in [1.807, 2.05) is 6.21 Å². The maximum atomic E-state index is 13.6. The van der Waals surface area contributed by atoms with E-state index in [9.17, 15) is 9.50 Å². The molecule has 2 aliphatic heterocycles. The Morgan fingerprint density at radius 3 is 2.71 bits per heavy atom. The van der Waals surface area contributed by atoms with Crippen LogP contribution in [0.4, 0.5) is 10.3 Å². The van der Waals surface area contributed by atoms with E-state index in [1.165, 1.54) is 12.1 Å². The summed E-state index contributed by atoms with van der Waals surface area (Å²) in [6.45, 7) is 4.07. The molecule has 0 bridgehead atoms. The second-order valence-electron chi connectivity index (χ2n) is 8.53. The van der Waals surface area contributed by atoms with E-state index in [-0.39, 0.29) is 18.3 Å². The van der Waals surface area contributed by atoms with Crippen LogP contribution in [-0.2, 0) is 9.47 Å². The van der Waals surface area contributed by atoms with Gasteiger partial charge in [0.1, 0.15) is 5.82 Å². The van der Waals surface area contributed by atoms with Gasteiger partial charge in [-0.1, -0.05) is 0 Å². The molecule has 184 valence electrons. The van der Waals surface area contributed by atoms with Gasteiger partial charge in [0.2, 0.25) is 12.2 Å². The van der Waals surface area contributed by atoms with E-state index in [2.05, 4.69) is 30.2 Å². The molecule has 10 nitrogen and oxygen atoms in total. The number of aromatic amines is 1. The van der Waals surface area contributed by atoms with Crippen LogP contribution in [0.25, 0.3) is 22.6 Å². The van der Waals surface area contributed by atoms with Crippen LogP contribution in [-0.4, -0.2) is 82.3 Å². The summed E-state index contributed by atoms with van der Waals surface area (Å²) in [5, 5.41) is 12.6. The molecule has 2 aliphatic rings. The number of ether oxygens (including phenoxy) is 2. The summed E-state index contributed by atoms with van der Waals surface area (Å²) in [5.41, 5.74) is 2.63. The molecule has 1 aromatic carbocycles. The van der Waals surface area contributed by atoms with Crippen LogP contribution in [0.3, 0.4) is 0 Å². The summed E-state index contributed by atoms with van der Waals surface area (Å²) < 4.78 is 25.1. The Balaban J connectivity index is 1.36. The minimum Gasteiger partial charge on any atom is -0.396 e. The second-order valence-corrected chi connectivity index (χ2v) is 8.53. The minimum absolute atomic E-state index is 0.000520. The van der Waals surface area contributed by atoms with Crippen molar-refractivity contribution in [2.24, 2.45) is 10.9 Å². The van der Waals surface area contributed by atoms with Gasteiger partial charge in [-0.25, -0.2) is 19.3 Å². The van der Waals surface area contributed by atoms with Crippen molar-refractivity contribution in [3.05, 3.63) is 48.2 Å². The number of halogens is 1. The van der Waals surface area contributed by atoms with Gasteiger partial charge < -0.3 is 24.9 Å². The summed E-state index contributed by atoms with van der Waals surface area (Å²) in [7, 11) is 0. The van der Waals surface area contributed by atoms with Gasteiger partial charge in [0.05, 0.1) is 43.6 Å².